The van der Waals surface area contributed by atoms with E-state index in [1.807, 2.05) is 13.8 Å². The Morgan fingerprint density at radius 1 is 1.46 bits per heavy atom. The predicted molar refractivity (Wildman–Crippen MR) is 52.4 cm³/mol. The van der Waals surface area contributed by atoms with Crippen molar-refractivity contribution in [1.29, 1.82) is 0 Å². The molecular weight excluding hydrogens is 168 g/mol. The molecule has 0 aromatic rings. The molecule has 3 heteroatoms. The molecule has 1 N–H and O–H groups in total. The van der Waals surface area contributed by atoms with E-state index in [0.29, 0.717) is 19.8 Å². The number of aliphatic hydroxyl groups is 1. The molecule has 78 valence electrons. The Kier molecular flexibility index (Phi) is 5.95. The molecule has 0 spiro atoms. The van der Waals surface area contributed by atoms with E-state index in [4.69, 9.17) is 9.47 Å². The summed E-state index contributed by atoms with van der Waals surface area (Å²) in [6, 6.07) is 0. The van der Waals surface area contributed by atoms with Crippen molar-refractivity contribution in [3.05, 3.63) is 12.7 Å². The molecule has 0 rings (SSSR count). The summed E-state index contributed by atoms with van der Waals surface area (Å²) < 4.78 is 10.3. The zero-order valence-electron chi connectivity index (χ0n) is 8.75. The molecule has 0 aromatic carbocycles. The van der Waals surface area contributed by atoms with E-state index in [-0.39, 0.29) is 5.92 Å². The van der Waals surface area contributed by atoms with Crippen molar-refractivity contribution in [2.45, 2.75) is 26.6 Å². The van der Waals surface area contributed by atoms with Crippen molar-refractivity contribution in [1.82, 2.24) is 0 Å². The monoisotopic (exact) mass is 188 g/mol. The smallest absolute Gasteiger partial charge is 0.164 e. The molecule has 0 aliphatic heterocycles. The second kappa shape index (κ2) is 6.13. The second-order valence-electron chi connectivity index (χ2n) is 3.42. The van der Waals surface area contributed by atoms with E-state index < -0.39 is 5.79 Å². The summed E-state index contributed by atoms with van der Waals surface area (Å²) in [6.45, 7) is 10.4. The van der Waals surface area contributed by atoms with Crippen LogP contribution < -0.4 is 0 Å². The Balaban J connectivity index is 3.46. The summed E-state index contributed by atoms with van der Waals surface area (Å²) in [4.78, 5) is 0. The van der Waals surface area contributed by atoms with Gasteiger partial charge in [0.25, 0.3) is 0 Å². The van der Waals surface area contributed by atoms with E-state index in [1.54, 1.807) is 13.0 Å². The highest BCUT2D eigenvalue weighted by atomic mass is 16.6. The Morgan fingerprint density at radius 2 is 2.08 bits per heavy atom. The second-order valence-corrected chi connectivity index (χ2v) is 3.42. The average Bonchev–Trinajstić information content (AvgIpc) is 2.03. The van der Waals surface area contributed by atoms with Gasteiger partial charge in [0.05, 0.1) is 19.8 Å². The fourth-order valence-electron chi connectivity index (χ4n) is 0.641. The summed E-state index contributed by atoms with van der Waals surface area (Å²) in [5, 5.41) is 9.65. The first-order chi connectivity index (χ1) is 6.00. The molecular formula is C10H20O3. The first-order valence-corrected chi connectivity index (χ1v) is 4.55. The van der Waals surface area contributed by atoms with Gasteiger partial charge in [0, 0.05) is 5.92 Å². The van der Waals surface area contributed by atoms with Crippen LogP contribution in [-0.4, -0.2) is 30.7 Å². The van der Waals surface area contributed by atoms with Crippen LogP contribution in [0.15, 0.2) is 12.7 Å². The number of ether oxygens (including phenoxy) is 2. The first kappa shape index (κ1) is 12.6. The molecule has 0 radical (unpaired) electrons. The minimum atomic E-state index is -1.06. The van der Waals surface area contributed by atoms with Crippen molar-refractivity contribution in [3.8, 4) is 0 Å². The normalized spacial score (nSPS) is 15.8. The molecule has 1 unspecified atom stereocenters. The van der Waals surface area contributed by atoms with Gasteiger partial charge in [-0.1, -0.05) is 19.9 Å². The highest BCUT2D eigenvalue weighted by Gasteiger charge is 2.24. The zero-order chi connectivity index (χ0) is 10.3. The number of hydrogen-bond donors (Lipinski definition) is 1. The Hall–Kier alpha value is -0.380. The minimum absolute atomic E-state index is 0.0758. The molecule has 0 saturated heterocycles. The van der Waals surface area contributed by atoms with Gasteiger partial charge in [-0.25, -0.2) is 0 Å². The van der Waals surface area contributed by atoms with Crippen LogP contribution in [-0.2, 0) is 9.47 Å². The van der Waals surface area contributed by atoms with Crippen LogP contribution in [0, 0.1) is 5.92 Å². The summed E-state index contributed by atoms with van der Waals surface area (Å²) in [6.07, 6.45) is 1.68. The van der Waals surface area contributed by atoms with Crippen LogP contribution in [0.5, 0.6) is 0 Å². The fraction of sp³-hybridized carbons (Fsp3) is 0.800. The van der Waals surface area contributed by atoms with E-state index in [9.17, 15) is 5.11 Å². The van der Waals surface area contributed by atoms with Gasteiger partial charge in [-0.2, -0.15) is 0 Å². The molecule has 0 saturated carbocycles. The summed E-state index contributed by atoms with van der Waals surface area (Å²) in [5.41, 5.74) is 0. The van der Waals surface area contributed by atoms with Crippen LogP contribution in [0.3, 0.4) is 0 Å². The summed E-state index contributed by atoms with van der Waals surface area (Å²) in [7, 11) is 0. The maximum atomic E-state index is 9.65. The van der Waals surface area contributed by atoms with Gasteiger partial charge >= 0.3 is 0 Å². The molecule has 0 amide bonds. The van der Waals surface area contributed by atoms with Crippen LogP contribution in [0.25, 0.3) is 0 Å². The van der Waals surface area contributed by atoms with E-state index in [2.05, 4.69) is 6.58 Å². The molecule has 0 fully saturated rings. The average molecular weight is 188 g/mol. The molecule has 0 bridgehead atoms. The largest absolute Gasteiger partial charge is 0.375 e. The highest BCUT2D eigenvalue weighted by molar-refractivity contribution is 4.65. The van der Waals surface area contributed by atoms with Crippen molar-refractivity contribution in [2.75, 3.05) is 19.8 Å². The topological polar surface area (TPSA) is 38.7 Å². The van der Waals surface area contributed by atoms with Gasteiger partial charge < -0.3 is 14.6 Å². The van der Waals surface area contributed by atoms with Crippen molar-refractivity contribution in [2.24, 2.45) is 5.92 Å². The number of rotatable bonds is 7. The summed E-state index contributed by atoms with van der Waals surface area (Å²) >= 11 is 0. The van der Waals surface area contributed by atoms with E-state index >= 15 is 0 Å². The molecule has 1 atom stereocenters. The molecule has 13 heavy (non-hydrogen) atoms. The van der Waals surface area contributed by atoms with Crippen LogP contribution in [0.4, 0.5) is 0 Å². The standard InChI is InChI=1S/C10H20O3/c1-5-6-12-7-8-13-10(4,11)9(2)3/h5,9,11H,1,6-8H2,2-4H3. The van der Waals surface area contributed by atoms with Crippen molar-refractivity contribution in [3.63, 3.8) is 0 Å². The first-order valence-electron chi connectivity index (χ1n) is 4.55. The van der Waals surface area contributed by atoms with Crippen molar-refractivity contribution < 1.29 is 14.6 Å². The minimum Gasteiger partial charge on any atom is -0.375 e. The quantitative estimate of drug-likeness (QED) is 0.374. The lowest BCUT2D eigenvalue weighted by atomic mass is 10.1. The predicted octanol–water partition coefficient (Wildman–Crippen LogP) is 1.57. The van der Waals surface area contributed by atoms with Gasteiger partial charge in [-0.3, -0.25) is 0 Å². The Morgan fingerprint density at radius 3 is 2.54 bits per heavy atom. The lowest BCUT2D eigenvalue weighted by Gasteiger charge is -2.27. The van der Waals surface area contributed by atoms with E-state index in [0.717, 1.165) is 0 Å². The van der Waals surface area contributed by atoms with Gasteiger partial charge in [-0.15, -0.1) is 6.58 Å². The fourth-order valence-corrected chi connectivity index (χ4v) is 0.641. The maximum Gasteiger partial charge on any atom is 0.164 e. The third-order valence-corrected chi connectivity index (χ3v) is 1.93. The van der Waals surface area contributed by atoms with Gasteiger partial charge in [0.1, 0.15) is 0 Å². The highest BCUT2D eigenvalue weighted by Crippen LogP contribution is 2.16. The molecule has 3 nitrogen and oxygen atoms in total. The molecule has 0 aliphatic carbocycles. The lowest BCUT2D eigenvalue weighted by molar-refractivity contribution is -0.222. The third kappa shape index (κ3) is 5.80. The zero-order valence-corrected chi connectivity index (χ0v) is 8.75. The van der Waals surface area contributed by atoms with Crippen LogP contribution in [0.1, 0.15) is 20.8 Å². The summed E-state index contributed by atoms with van der Waals surface area (Å²) in [5.74, 6) is -0.982. The van der Waals surface area contributed by atoms with Gasteiger partial charge in [0.2, 0.25) is 0 Å². The lowest BCUT2D eigenvalue weighted by Crippen LogP contribution is -2.35. The Labute approximate surface area is 80.4 Å². The molecule has 0 heterocycles. The van der Waals surface area contributed by atoms with E-state index in [1.165, 1.54) is 0 Å². The maximum absolute atomic E-state index is 9.65. The van der Waals surface area contributed by atoms with Crippen LogP contribution >= 0.6 is 0 Å². The van der Waals surface area contributed by atoms with Crippen LogP contribution in [0.2, 0.25) is 0 Å². The van der Waals surface area contributed by atoms with Crippen molar-refractivity contribution >= 4 is 0 Å². The SMILES string of the molecule is C=CCOCCOC(C)(O)C(C)C. The molecule has 0 aliphatic rings. The number of hydrogen-bond acceptors (Lipinski definition) is 3. The van der Waals surface area contributed by atoms with Gasteiger partial charge in [-0.05, 0) is 6.92 Å². The Bertz CT molecular complexity index is 141. The third-order valence-electron chi connectivity index (χ3n) is 1.93. The van der Waals surface area contributed by atoms with Gasteiger partial charge in [0.15, 0.2) is 5.79 Å². The molecule has 0 aromatic heterocycles.